The van der Waals surface area contributed by atoms with Gasteiger partial charge in [-0.15, -0.1) is 0 Å². The van der Waals surface area contributed by atoms with Gasteiger partial charge < -0.3 is 21.4 Å². The van der Waals surface area contributed by atoms with Crippen molar-refractivity contribution in [3.63, 3.8) is 0 Å². The maximum Gasteiger partial charge on any atom is 0.251 e. The summed E-state index contributed by atoms with van der Waals surface area (Å²) in [6.07, 6.45) is 4.28. The molecular weight excluding hydrogens is 242 g/mol. The Hall–Kier alpha value is -2.50. The number of carbonyl (C=O) groups excluding carboxylic acids is 1. The molecule has 6 nitrogen and oxygen atoms in total. The van der Waals surface area contributed by atoms with E-state index in [1.54, 1.807) is 24.4 Å². The van der Waals surface area contributed by atoms with E-state index in [1.807, 2.05) is 17.8 Å². The molecule has 2 rings (SSSR count). The Labute approximate surface area is 111 Å². The van der Waals surface area contributed by atoms with E-state index in [0.29, 0.717) is 29.9 Å². The zero-order valence-electron chi connectivity index (χ0n) is 10.8. The molecule has 0 saturated carbocycles. The van der Waals surface area contributed by atoms with E-state index < -0.39 is 0 Å². The van der Waals surface area contributed by atoms with E-state index in [0.717, 1.165) is 5.82 Å². The van der Waals surface area contributed by atoms with Crippen molar-refractivity contribution < 1.29 is 4.79 Å². The summed E-state index contributed by atoms with van der Waals surface area (Å²) in [5.41, 5.74) is 12.7. The monoisotopic (exact) mass is 259 g/mol. The fourth-order valence-electron chi connectivity index (χ4n) is 1.83. The summed E-state index contributed by atoms with van der Waals surface area (Å²) in [5.74, 6) is 0.737. The first kappa shape index (κ1) is 12.9. The number of anilines is 2. The van der Waals surface area contributed by atoms with E-state index >= 15 is 0 Å². The van der Waals surface area contributed by atoms with Gasteiger partial charge in [0.2, 0.25) is 0 Å². The van der Waals surface area contributed by atoms with Crippen molar-refractivity contribution in [2.24, 2.45) is 7.05 Å². The smallest absolute Gasteiger partial charge is 0.251 e. The number of rotatable bonds is 4. The van der Waals surface area contributed by atoms with E-state index in [4.69, 9.17) is 11.5 Å². The molecule has 1 aromatic heterocycles. The summed E-state index contributed by atoms with van der Waals surface area (Å²) in [4.78, 5) is 16.1. The van der Waals surface area contributed by atoms with Crippen molar-refractivity contribution in [3.05, 3.63) is 42.0 Å². The summed E-state index contributed by atoms with van der Waals surface area (Å²) in [6, 6.07) is 4.82. The third kappa shape index (κ3) is 3.25. The van der Waals surface area contributed by atoms with Gasteiger partial charge in [-0.25, -0.2) is 4.98 Å². The predicted molar refractivity (Wildman–Crippen MR) is 74.5 cm³/mol. The van der Waals surface area contributed by atoms with E-state index in [-0.39, 0.29) is 5.91 Å². The quantitative estimate of drug-likeness (QED) is 0.698. The zero-order chi connectivity index (χ0) is 13.8. The number of hydrogen-bond donors (Lipinski definition) is 3. The van der Waals surface area contributed by atoms with Crippen molar-refractivity contribution in [1.29, 1.82) is 0 Å². The molecule has 1 amide bonds. The summed E-state index contributed by atoms with van der Waals surface area (Å²) in [5, 5.41) is 2.82. The lowest BCUT2D eigenvalue weighted by atomic mass is 10.1. The van der Waals surface area contributed by atoms with Crippen LogP contribution in [0, 0.1) is 0 Å². The highest BCUT2D eigenvalue weighted by Gasteiger charge is 2.07. The van der Waals surface area contributed by atoms with Gasteiger partial charge in [-0.2, -0.15) is 0 Å². The van der Waals surface area contributed by atoms with Crippen LogP contribution in [0.1, 0.15) is 16.2 Å². The molecule has 2 aromatic rings. The van der Waals surface area contributed by atoms with Crippen LogP contribution >= 0.6 is 0 Å². The number of aromatic nitrogens is 2. The van der Waals surface area contributed by atoms with Crippen molar-refractivity contribution in [2.75, 3.05) is 18.0 Å². The molecule has 0 spiro atoms. The van der Waals surface area contributed by atoms with Gasteiger partial charge in [-0.1, -0.05) is 0 Å². The van der Waals surface area contributed by atoms with Crippen molar-refractivity contribution >= 4 is 17.3 Å². The minimum atomic E-state index is -0.187. The Morgan fingerprint density at radius 3 is 2.58 bits per heavy atom. The fourth-order valence-corrected chi connectivity index (χ4v) is 1.83. The van der Waals surface area contributed by atoms with Gasteiger partial charge in [0.1, 0.15) is 5.82 Å². The van der Waals surface area contributed by atoms with Crippen molar-refractivity contribution in [1.82, 2.24) is 14.9 Å². The normalized spacial score (nSPS) is 10.4. The maximum atomic E-state index is 11.9. The number of amides is 1. The number of carbonyl (C=O) groups is 1. The summed E-state index contributed by atoms with van der Waals surface area (Å²) < 4.78 is 1.92. The van der Waals surface area contributed by atoms with Gasteiger partial charge >= 0.3 is 0 Å². The fraction of sp³-hybridized carbons (Fsp3) is 0.231. The molecule has 0 bridgehead atoms. The van der Waals surface area contributed by atoms with E-state index in [1.165, 1.54) is 0 Å². The second-order valence-electron chi connectivity index (χ2n) is 4.35. The molecule has 5 N–H and O–H groups in total. The number of nitrogens with two attached hydrogens (primary N) is 2. The molecule has 0 fully saturated rings. The second-order valence-corrected chi connectivity index (χ2v) is 4.35. The molecule has 0 unspecified atom stereocenters. The third-order valence-electron chi connectivity index (χ3n) is 2.79. The van der Waals surface area contributed by atoms with Crippen LogP contribution in [0.5, 0.6) is 0 Å². The molecule has 6 heteroatoms. The van der Waals surface area contributed by atoms with Gasteiger partial charge in [0.25, 0.3) is 5.91 Å². The number of nitrogen functional groups attached to an aromatic ring is 2. The molecule has 0 atom stereocenters. The van der Waals surface area contributed by atoms with Crippen molar-refractivity contribution in [2.45, 2.75) is 6.42 Å². The molecule has 0 radical (unpaired) electrons. The first-order chi connectivity index (χ1) is 9.06. The molecule has 1 heterocycles. The lowest BCUT2D eigenvalue weighted by Gasteiger charge is -2.07. The van der Waals surface area contributed by atoms with Crippen LogP contribution < -0.4 is 16.8 Å². The summed E-state index contributed by atoms with van der Waals surface area (Å²) in [7, 11) is 1.92. The Kier molecular flexibility index (Phi) is 3.70. The lowest BCUT2D eigenvalue weighted by Crippen LogP contribution is -2.26. The van der Waals surface area contributed by atoms with Gasteiger partial charge in [0.05, 0.1) is 0 Å². The first-order valence-electron chi connectivity index (χ1n) is 5.96. The molecule has 100 valence electrons. The van der Waals surface area contributed by atoms with Crippen LogP contribution in [-0.4, -0.2) is 22.0 Å². The predicted octanol–water partition coefficient (Wildman–Crippen LogP) is 0.557. The highest BCUT2D eigenvalue weighted by molar-refractivity contribution is 5.96. The average molecular weight is 259 g/mol. The standard InChI is InChI=1S/C13H17N5O/c1-18-5-4-16-12(18)2-3-17-13(19)9-6-10(14)8-11(15)7-9/h4-8H,2-3,14-15H2,1H3,(H,17,19). The zero-order valence-corrected chi connectivity index (χ0v) is 10.8. The van der Waals surface area contributed by atoms with Crippen LogP contribution in [0.2, 0.25) is 0 Å². The molecule has 0 aliphatic heterocycles. The molecule has 0 aliphatic rings. The van der Waals surface area contributed by atoms with Crippen LogP contribution in [0.3, 0.4) is 0 Å². The topological polar surface area (TPSA) is 99.0 Å². The van der Waals surface area contributed by atoms with E-state index in [9.17, 15) is 4.79 Å². The van der Waals surface area contributed by atoms with Crippen LogP contribution in [0.25, 0.3) is 0 Å². The molecule has 19 heavy (non-hydrogen) atoms. The Balaban J connectivity index is 1.92. The molecular formula is C13H17N5O. The summed E-state index contributed by atoms with van der Waals surface area (Å²) >= 11 is 0. The van der Waals surface area contributed by atoms with Crippen LogP contribution in [-0.2, 0) is 13.5 Å². The number of nitrogens with one attached hydrogen (secondary N) is 1. The minimum Gasteiger partial charge on any atom is -0.399 e. The van der Waals surface area contributed by atoms with Crippen LogP contribution in [0.4, 0.5) is 11.4 Å². The second kappa shape index (κ2) is 5.43. The Morgan fingerprint density at radius 2 is 2.00 bits per heavy atom. The largest absolute Gasteiger partial charge is 0.399 e. The third-order valence-corrected chi connectivity index (χ3v) is 2.79. The highest BCUT2D eigenvalue weighted by atomic mass is 16.1. The minimum absolute atomic E-state index is 0.187. The number of aryl methyl sites for hydroxylation is 1. The number of hydrogen-bond acceptors (Lipinski definition) is 4. The van der Waals surface area contributed by atoms with Crippen LogP contribution in [0.15, 0.2) is 30.6 Å². The van der Waals surface area contributed by atoms with Crippen molar-refractivity contribution in [3.8, 4) is 0 Å². The summed E-state index contributed by atoms with van der Waals surface area (Å²) in [6.45, 7) is 0.512. The number of imidazole rings is 1. The average Bonchev–Trinajstić information content (AvgIpc) is 2.74. The SMILES string of the molecule is Cn1ccnc1CCNC(=O)c1cc(N)cc(N)c1. The van der Waals surface area contributed by atoms with Gasteiger partial charge in [0, 0.05) is 49.3 Å². The van der Waals surface area contributed by atoms with Gasteiger partial charge in [-0.05, 0) is 18.2 Å². The highest BCUT2D eigenvalue weighted by Crippen LogP contribution is 2.13. The molecule has 0 saturated heterocycles. The van der Waals surface area contributed by atoms with Gasteiger partial charge in [0.15, 0.2) is 0 Å². The molecule has 0 aliphatic carbocycles. The number of benzene rings is 1. The van der Waals surface area contributed by atoms with E-state index in [2.05, 4.69) is 10.3 Å². The lowest BCUT2D eigenvalue weighted by molar-refractivity contribution is 0.0954. The maximum absolute atomic E-state index is 11.9. The number of nitrogens with zero attached hydrogens (tertiary/aromatic N) is 2. The molecule has 1 aromatic carbocycles. The Morgan fingerprint density at radius 1 is 1.32 bits per heavy atom. The van der Waals surface area contributed by atoms with Gasteiger partial charge in [-0.3, -0.25) is 4.79 Å². The Bertz CT molecular complexity index is 570. The first-order valence-corrected chi connectivity index (χ1v) is 5.96.